The molecule has 2 aliphatic carbocycles. The molecule has 0 N–H and O–H groups in total. The molecular weight excluding hydrogens is 428 g/mol. The Kier molecular flexibility index (Phi) is 12.9. The van der Waals surface area contributed by atoms with Gasteiger partial charge in [0.15, 0.2) is 0 Å². The number of thiocarbonyl (C=S) groups is 2. The van der Waals surface area contributed by atoms with Crippen molar-refractivity contribution in [2.24, 2.45) is 0 Å². The molecule has 1 saturated heterocycles. The number of nitrogens with zero attached hydrogens (tertiary/aromatic N) is 2. The normalized spacial score (nSPS) is 26.0. The molecular formula is C28H50N2S2. The molecule has 0 spiro atoms. The van der Waals surface area contributed by atoms with Gasteiger partial charge in [0, 0.05) is 25.2 Å². The lowest BCUT2D eigenvalue weighted by Crippen LogP contribution is -2.58. The molecule has 2 nitrogen and oxygen atoms in total. The number of hydrogen-bond acceptors (Lipinski definition) is 2. The first-order valence-electron chi connectivity index (χ1n) is 14.4. The first-order chi connectivity index (χ1) is 15.8. The van der Waals surface area contributed by atoms with Crippen LogP contribution in [0.5, 0.6) is 0 Å². The minimum absolute atomic E-state index is 0.623. The molecule has 2 saturated carbocycles. The standard InChI is InChI=1S/C28H50N2S2/c31-27-28(32)30(26-21-17-13-9-5-2-6-10-14-18-22-26)24-23-29(27)25-19-15-11-7-3-1-4-8-12-16-20-25/h25-26H,1-24H2. The number of hydrogen-bond donors (Lipinski definition) is 0. The van der Waals surface area contributed by atoms with E-state index in [4.69, 9.17) is 24.4 Å². The van der Waals surface area contributed by atoms with E-state index in [1.165, 1.54) is 141 Å². The van der Waals surface area contributed by atoms with Crippen molar-refractivity contribution >= 4 is 34.4 Å². The van der Waals surface area contributed by atoms with Crippen molar-refractivity contribution in [1.82, 2.24) is 9.80 Å². The van der Waals surface area contributed by atoms with Crippen molar-refractivity contribution < 1.29 is 0 Å². The Balaban J connectivity index is 1.56. The van der Waals surface area contributed by atoms with Gasteiger partial charge in [-0.05, 0) is 25.7 Å². The summed E-state index contributed by atoms with van der Waals surface area (Å²) < 4.78 is 0. The summed E-state index contributed by atoms with van der Waals surface area (Å²) in [6.45, 7) is 2.19. The van der Waals surface area contributed by atoms with E-state index in [-0.39, 0.29) is 0 Å². The number of piperazine rings is 1. The fourth-order valence-corrected chi connectivity index (χ4v) is 6.98. The molecule has 3 aliphatic rings. The minimum Gasteiger partial charge on any atom is -0.356 e. The van der Waals surface area contributed by atoms with E-state index in [0.29, 0.717) is 12.1 Å². The quantitative estimate of drug-likeness (QED) is 0.366. The fraction of sp³-hybridized carbons (Fsp3) is 0.929. The molecule has 0 unspecified atom stereocenters. The molecule has 0 atom stereocenters. The van der Waals surface area contributed by atoms with Crippen LogP contribution in [0, 0.1) is 0 Å². The van der Waals surface area contributed by atoms with Gasteiger partial charge in [-0.2, -0.15) is 0 Å². The Morgan fingerprint density at radius 1 is 0.375 bits per heavy atom. The van der Waals surface area contributed by atoms with Gasteiger partial charge in [-0.25, -0.2) is 0 Å². The molecule has 0 radical (unpaired) electrons. The lowest BCUT2D eigenvalue weighted by Gasteiger charge is -2.45. The van der Waals surface area contributed by atoms with E-state index in [2.05, 4.69) is 9.80 Å². The fourth-order valence-electron chi connectivity index (χ4n) is 6.27. The lowest BCUT2D eigenvalue weighted by atomic mass is 9.95. The third-order valence-corrected chi connectivity index (χ3v) is 9.30. The predicted octanol–water partition coefficient (Wildman–Crippen LogP) is 8.61. The molecule has 0 aromatic rings. The van der Waals surface area contributed by atoms with Crippen LogP contribution in [-0.2, 0) is 0 Å². The third kappa shape index (κ3) is 8.85. The summed E-state index contributed by atoms with van der Waals surface area (Å²) in [6, 6.07) is 1.25. The van der Waals surface area contributed by atoms with Crippen LogP contribution < -0.4 is 0 Å². The van der Waals surface area contributed by atoms with Crippen molar-refractivity contribution in [3.63, 3.8) is 0 Å². The van der Waals surface area contributed by atoms with Gasteiger partial charge in [0.2, 0.25) is 0 Å². The van der Waals surface area contributed by atoms with Crippen LogP contribution >= 0.6 is 24.4 Å². The topological polar surface area (TPSA) is 6.48 Å². The second kappa shape index (κ2) is 15.6. The summed E-state index contributed by atoms with van der Waals surface area (Å²) in [6.07, 6.45) is 30.6. The molecule has 0 aromatic carbocycles. The smallest absolute Gasteiger partial charge is 0.137 e. The van der Waals surface area contributed by atoms with Gasteiger partial charge >= 0.3 is 0 Å². The van der Waals surface area contributed by atoms with Gasteiger partial charge in [-0.15, -0.1) is 0 Å². The Morgan fingerprint density at radius 2 is 0.594 bits per heavy atom. The predicted molar refractivity (Wildman–Crippen MR) is 148 cm³/mol. The molecule has 0 aromatic heterocycles. The SMILES string of the molecule is S=C1C(=S)N(C2CCCCCCCCCCC2)CCN1C1CCCCCCCCCCC1. The van der Waals surface area contributed by atoms with Crippen LogP contribution in [-0.4, -0.2) is 45.0 Å². The average Bonchev–Trinajstić information content (AvgIpc) is 2.77. The van der Waals surface area contributed by atoms with E-state index in [0.717, 1.165) is 23.1 Å². The Bertz CT molecular complexity index is 478. The first kappa shape index (κ1) is 26.4. The maximum absolute atomic E-state index is 6.06. The highest BCUT2D eigenvalue weighted by Gasteiger charge is 2.33. The van der Waals surface area contributed by atoms with Crippen LogP contribution in [0.15, 0.2) is 0 Å². The average molecular weight is 479 g/mol. The van der Waals surface area contributed by atoms with E-state index < -0.39 is 0 Å². The first-order valence-corrected chi connectivity index (χ1v) is 15.2. The second-order valence-corrected chi connectivity index (χ2v) is 11.6. The van der Waals surface area contributed by atoms with Crippen molar-refractivity contribution in [3.05, 3.63) is 0 Å². The lowest BCUT2D eigenvalue weighted by molar-refractivity contribution is 0.200. The zero-order chi connectivity index (χ0) is 22.4. The second-order valence-electron chi connectivity index (χ2n) is 10.8. The molecule has 0 amide bonds. The number of rotatable bonds is 2. The molecule has 1 heterocycles. The maximum atomic E-state index is 6.06. The summed E-state index contributed by atoms with van der Waals surface area (Å²) >= 11 is 12.1. The van der Waals surface area contributed by atoms with Crippen LogP contribution in [0.4, 0.5) is 0 Å². The van der Waals surface area contributed by atoms with Crippen LogP contribution in [0.25, 0.3) is 0 Å². The van der Waals surface area contributed by atoms with E-state index in [1.54, 1.807) is 0 Å². The highest BCUT2D eigenvalue weighted by atomic mass is 32.1. The Labute approximate surface area is 210 Å². The molecule has 32 heavy (non-hydrogen) atoms. The molecule has 1 aliphatic heterocycles. The summed E-state index contributed by atoms with van der Waals surface area (Å²) in [5.41, 5.74) is 0. The van der Waals surface area contributed by atoms with Crippen molar-refractivity contribution in [1.29, 1.82) is 0 Å². The summed E-state index contributed by atoms with van der Waals surface area (Å²) in [5.74, 6) is 0. The van der Waals surface area contributed by atoms with Crippen LogP contribution in [0.1, 0.15) is 141 Å². The van der Waals surface area contributed by atoms with Gasteiger partial charge in [0.05, 0.1) is 0 Å². The van der Waals surface area contributed by atoms with Crippen molar-refractivity contribution in [2.75, 3.05) is 13.1 Å². The van der Waals surface area contributed by atoms with Gasteiger partial charge in [-0.1, -0.05) is 140 Å². The summed E-state index contributed by atoms with van der Waals surface area (Å²) in [5, 5.41) is 0. The van der Waals surface area contributed by atoms with E-state index in [1.807, 2.05) is 0 Å². The molecule has 4 heteroatoms. The Morgan fingerprint density at radius 3 is 0.844 bits per heavy atom. The highest BCUT2D eigenvalue weighted by Crippen LogP contribution is 2.27. The molecule has 3 rings (SSSR count). The Hall–Kier alpha value is -0.220. The zero-order valence-electron chi connectivity index (χ0n) is 20.8. The highest BCUT2D eigenvalue weighted by molar-refractivity contribution is 7.89. The van der Waals surface area contributed by atoms with Gasteiger partial charge in [-0.3, -0.25) is 0 Å². The summed E-state index contributed by atoms with van der Waals surface area (Å²) in [7, 11) is 0. The third-order valence-electron chi connectivity index (χ3n) is 8.32. The van der Waals surface area contributed by atoms with Crippen molar-refractivity contribution in [2.45, 2.75) is 153 Å². The van der Waals surface area contributed by atoms with Crippen molar-refractivity contribution in [3.8, 4) is 0 Å². The van der Waals surface area contributed by atoms with E-state index in [9.17, 15) is 0 Å². The summed E-state index contributed by atoms with van der Waals surface area (Å²) in [4.78, 5) is 7.15. The monoisotopic (exact) mass is 478 g/mol. The van der Waals surface area contributed by atoms with Gasteiger partial charge in [0.25, 0.3) is 0 Å². The van der Waals surface area contributed by atoms with Crippen LogP contribution in [0.3, 0.4) is 0 Å². The maximum Gasteiger partial charge on any atom is 0.137 e. The minimum atomic E-state index is 0.623. The largest absolute Gasteiger partial charge is 0.356 e. The molecule has 3 fully saturated rings. The van der Waals surface area contributed by atoms with E-state index >= 15 is 0 Å². The molecule has 0 bridgehead atoms. The van der Waals surface area contributed by atoms with Gasteiger partial charge < -0.3 is 9.80 Å². The zero-order valence-corrected chi connectivity index (χ0v) is 22.5. The molecule has 184 valence electrons. The van der Waals surface area contributed by atoms with Gasteiger partial charge in [0.1, 0.15) is 9.98 Å². The van der Waals surface area contributed by atoms with Crippen LogP contribution in [0.2, 0.25) is 0 Å².